The minimum absolute atomic E-state index is 0.515. The zero-order valence-corrected chi connectivity index (χ0v) is 11.6. The van der Waals surface area contributed by atoms with Gasteiger partial charge in [0.25, 0.3) is 0 Å². The molecule has 0 unspecified atom stereocenters. The Morgan fingerprint density at radius 3 is 2.59 bits per heavy atom. The van der Waals surface area contributed by atoms with Gasteiger partial charge in [-0.2, -0.15) is 5.10 Å². The minimum atomic E-state index is 0.515. The van der Waals surface area contributed by atoms with Gasteiger partial charge in [0.1, 0.15) is 12.1 Å². The molecule has 0 aromatic carbocycles. The first-order chi connectivity index (χ1) is 8.06. The van der Waals surface area contributed by atoms with E-state index >= 15 is 0 Å². The zero-order valence-electron chi connectivity index (χ0n) is 10.0. The summed E-state index contributed by atoms with van der Waals surface area (Å²) >= 11 is 3.50. The van der Waals surface area contributed by atoms with Crippen molar-refractivity contribution in [2.75, 3.05) is 5.73 Å². The molecule has 17 heavy (non-hydrogen) atoms. The van der Waals surface area contributed by atoms with Crippen LogP contribution in [0.25, 0.3) is 5.82 Å². The summed E-state index contributed by atoms with van der Waals surface area (Å²) in [6.45, 7) is 5.96. The van der Waals surface area contributed by atoms with Crippen LogP contribution in [0, 0.1) is 13.8 Å². The van der Waals surface area contributed by atoms with Crippen molar-refractivity contribution < 1.29 is 0 Å². The average Bonchev–Trinajstić information content (AvgIpc) is 2.56. The number of hydrogen-bond donors (Lipinski definition) is 1. The molecule has 0 saturated heterocycles. The van der Waals surface area contributed by atoms with Gasteiger partial charge in [-0.25, -0.2) is 14.6 Å². The molecule has 2 rings (SSSR count). The normalized spacial score (nSPS) is 10.8. The number of aryl methyl sites for hydroxylation is 1. The molecule has 2 aromatic rings. The lowest BCUT2D eigenvalue weighted by Gasteiger charge is -2.09. The number of nitrogen functional groups attached to an aromatic ring is 1. The summed E-state index contributed by atoms with van der Waals surface area (Å²) in [6, 6.07) is 0. The van der Waals surface area contributed by atoms with E-state index in [2.05, 4.69) is 31.0 Å². The van der Waals surface area contributed by atoms with E-state index in [0.717, 1.165) is 33.7 Å². The van der Waals surface area contributed by atoms with Crippen LogP contribution in [0.2, 0.25) is 0 Å². The van der Waals surface area contributed by atoms with Crippen LogP contribution in [-0.4, -0.2) is 19.7 Å². The summed E-state index contributed by atoms with van der Waals surface area (Å²) in [4.78, 5) is 8.29. The second kappa shape index (κ2) is 4.44. The smallest absolute Gasteiger partial charge is 0.162 e. The van der Waals surface area contributed by atoms with Gasteiger partial charge in [-0.3, -0.25) is 0 Å². The van der Waals surface area contributed by atoms with Crippen LogP contribution in [0.4, 0.5) is 5.82 Å². The van der Waals surface area contributed by atoms with Crippen LogP contribution in [0.5, 0.6) is 0 Å². The van der Waals surface area contributed by atoms with Gasteiger partial charge in [0.2, 0.25) is 0 Å². The fourth-order valence-corrected chi connectivity index (χ4v) is 2.02. The Balaban J connectivity index is 2.68. The first-order valence-electron chi connectivity index (χ1n) is 5.37. The van der Waals surface area contributed by atoms with Gasteiger partial charge < -0.3 is 5.73 Å². The fraction of sp³-hybridized carbons (Fsp3) is 0.364. The number of anilines is 1. The van der Waals surface area contributed by atoms with E-state index in [0.29, 0.717) is 5.82 Å². The van der Waals surface area contributed by atoms with Gasteiger partial charge in [0.05, 0.1) is 15.9 Å². The van der Waals surface area contributed by atoms with Gasteiger partial charge in [-0.05, 0) is 36.2 Å². The van der Waals surface area contributed by atoms with Crippen LogP contribution in [0.15, 0.2) is 10.8 Å². The summed E-state index contributed by atoms with van der Waals surface area (Å²) < 4.78 is 2.80. The molecule has 0 aliphatic heterocycles. The van der Waals surface area contributed by atoms with E-state index in [-0.39, 0.29) is 0 Å². The maximum atomic E-state index is 5.86. The molecular formula is C11H14BrN5. The van der Waals surface area contributed by atoms with Crippen molar-refractivity contribution in [1.82, 2.24) is 19.7 Å². The minimum Gasteiger partial charge on any atom is -0.383 e. The number of nitrogens with zero attached hydrogens (tertiary/aromatic N) is 4. The molecule has 2 aromatic heterocycles. The molecule has 6 heteroatoms. The monoisotopic (exact) mass is 295 g/mol. The van der Waals surface area contributed by atoms with Crippen molar-refractivity contribution in [2.45, 2.75) is 27.2 Å². The van der Waals surface area contributed by atoms with Crippen molar-refractivity contribution >= 4 is 21.7 Å². The van der Waals surface area contributed by atoms with E-state index in [1.54, 1.807) is 4.68 Å². The van der Waals surface area contributed by atoms with E-state index in [1.165, 1.54) is 6.33 Å². The molecule has 0 aliphatic rings. The number of halogens is 1. The van der Waals surface area contributed by atoms with Crippen LogP contribution < -0.4 is 5.73 Å². The fourth-order valence-electron chi connectivity index (χ4n) is 1.77. The van der Waals surface area contributed by atoms with Crippen molar-refractivity contribution in [3.05, 3.63) is 27.8 Å². The largest absolute Gasteiger partial charge is 0.383 e. The van der Waals surface area contributed by atoms with Gasteiger partial charge in [0, 0.05) is 5.56 Å². The molecule has 2 N–H and O–H groups in total. The number of rotatable bonds is 2. The van der Waals surface area contributed by atoms with Crippen molar-refractivity contribution in [2.24, 2.45) is 0 Å². The molecule has 0 saturated carbocycles. The number of aromatic nitrogens is 4. The van der Waals surface area contributed by atoms with Crippen molar-refractivity contribution in [3.63, 3.8) is 0 Å². The Bertz CT molecular complexity index is 561. The number of hydrogen-bond acceptors (Lipinski definition) is 4. The van der Waals surface area contributed by atoms with Gasteiger partial charge >= 0.3 is 0 Å². The molecule has 0 aliphatic carbocycles. The maximum absolute atomic E-state index is 5.86. The standard InChI is InChI=1S/C11H14BrN5/c1-4-8-10(13)14-5-15-11(8)17-7(3)9(12)6(2)16-17/h5H,4H2,1-3H3,(H2,13,14,15). The molecule has 0 radical (unpaired) electrons. The Morgan fingerprint density at radius 1 is 1.35 bits per heavy atom. The summed E-state index contributed by atoms with van der Waals surface area (Å²) in [7, 11) is 0. The van der Waals surface area contributed by atoms with E-state index < -0.39 is 0 Å². The lowest BCUT2D eigenvalue weighted by Crippen LogP contribution is -2.09. The predicted octanol–water partition coefficient (Wildman–Crippen LogP) is 2.19. The Morgan fingerprint density at radius 2 is 2.06 bits per heavy atom. The molecule has 90 valence electrons. The Hall–Kier alpha value is -1.43. The van der Waals surface area contributed by atoms with Crippen molar-refractivity contribution in [1.29, 1.82) is 0 Å². The summed E-state index contributed by atoms with van der Waals surface area (Å²) in [5.41, 5.74) is 8.72. The topological polar surface area (TPSA) is 69.6 Å². The van der Waals surface area contributed by atoms with E-state index in [1.807, 2.05) is 20.8 Å². The quantitative estimate of drug-likeness (QED) is 0.922. The molecule has 2 heterocycles. The summed E-state index contributed by atoms with van der Waals surface area (Å²) in [5.74, 6) is 1.27. The third kappa shape index (κ3) is 1.93. The highest BCUT2D eigenvalue weighted by Crippen LogP contribution is 2.24. The molecule has 0 spiro atoms. The van der Waals surface area contributed by atoms with E-state index in [4.69, 9.17) is 5.73 Å². The van der Waals surface area contributed by atoms with Crippen molar-refractivity contribution in [3.8, 4) is 5.82 Å². The predicted molar refractivity (Wildman–Crippen MR) is 70.1 cm³/mol. The molecule has 0 amide bonds. The first-order valence-corrected chi connectivity index (χ1v) is 6.17. The second-order valence-electron chi connectivity index (χ2n) is 3.81. The van der Waals surface area contributed by atoms with E-state index in [9.17, 15) is 0 Å². The first kappa shape index (κ1) is 12.0. The van der Waals surface area contributed by atoms with Gasteiger partial charge in [-0.1, -0.05) is 6.92 Å². The van der Waals surface area contributed by atoms with Crippen LogP contribution >= 0.6 is 15.9 Å². The van der Waals surface area contributed by atoms with Crippen LogP contribution in [-0.2, 0) is 6.42 Å². The highest BCUT2D eigenvalue weighted by atomic mass is 79.9. The second-order valence-corrected chi connectivity index (χ2v) is 4.60. The lowest BCUT2D eigenvalue weighted by molar-refractivity contribution is 0.785. The Kier molecular flexibility index (Phi) is 3.15. The summed E-state index contributed by atoms with van der Waals surface area (Å²) in [6.07, 6.45) is 2.24. The zero-order chi connectivity index (χ0) is 12.6. The average molecular weight is 296 g/mol. The molecule has 0 bridgehead atoms. The number of nitrogens with two attached hydrogens (primary N) is 1. The van der Waals surface area contributed by atoms with Crippen LogP contribution in [0.1, 0.15) is 23.9 Å². The maximum Gasteiger partial charge on any atom is 0.162 e. The molecule has 5 nitrogen and oxygen atoms in total. The third-order valence-electron chi connectivity index (χ3n) is 2.71. The van der Waals surface area contributed by atoms with Gasteiger partial charge in [0.15, 0.2) is 5.82 Å². The lowest BCUT2D eigenvalue weighted by atomic mass is 10.2. The van der Waals surface area contributed by atoms with Crippen LogP contribution in [0.3, 0.4) is 0 Å². The highest BCUT2D eigenvalue weighted by Gasteiger charge is 2.15. The summed E-state index contributed by atoms with van der Waals surface area (Å²) in [5, 5.41) is 4.45. The Labute approximate surface area is 108 Å². The highest BCUT2D eigenvalue weighted by molar-refractivity contribution is 9.10. The molecular weight excluding hydrogens is 282 g/mol. The SMILES string of the molecule is CCc1c(N)ncnc1-n1nc(C)c(Br)c1C. The molecule has 0 fully saturated rings. The molecule has 0 atom stereocenters. The third-order valence-corrected chi connectivity index (χ3v) is 3.86. The van der Waals surface area contributed by atoms with Gasteiger partial charge in [-0.15, -0.1) is 0 Å².